The Hall–Kier alpha value is -3.13. The van der Waals surface area contributed by atoms with Crippen LogP contribution in [0.3, 0.4) is 0 Å². The van der Waals surface area contributed by atoms with Crippen LogP contribution in [0.2, 0.25) is 0 Å². The first-order valence-corrected chi connectivity index (χ1v) is 13.5. The molecule has 1 fully saturated rings. The molecule has 2 aromatic carbocycles. The highest BCUT2D eigenvalue weighted by atomic mass is 35.5. The van der Waals surface area contributed by atoms with Gasteiger partial charge >= 0.3 is 5.97 Å². The van der Waals surface area contributed by atoms with Crippen molar-refractivity contribution in [3.05, 3.63) is 77.1 Å². The first-order valence-electron chi connectivity index (χ1n) is 13.5. The lowest BCUT2D eigenvalue weighted by molar-refractivity contribution is -0.140. The molecule has 0 bridgehead atoms. The smallest absolute Gasteiger partial charge is 0.342 e. The van der Waals surface area contributed by atoms with Crippen LogP contribution < -0.4 is 0 Å². The second-order valence-electron chi connectivity index (χ2n) is 11.1. The summed E-state index contributed by atoms with van der Waals surface area (Å²) in [6.07, 6.45) is 2.32. The predicted octanol–water partition coefficient (Wildman–Crippen LogP) is 5.19. The Morgan fingerprint density at radius 2 is 1.74 bits per heavy atom. The summed E-state index contributed by atoms with van der Waals surface area (Å²) >= 11 is 0. The predicted molar refractivity (Wildman–Crippen MR) is 156 cm³/mol. The van der Waals surface area contributed by atoms with E-state index < -0.39 is 11.4 Å². The van der Waals surface area contributed by atoms with Crippen LogP contribution >= 0.6 is 12.4 Å². The topological polar surface area (TPSA) is 74.9 Å². The minimum atomic E-state index is -0.443. The van der Waals surface area contributed by atoms with Gasteiger partial charge in [0.1, 0.15) is 0 Å². The van der Waals surface area contributed by atoms with E-state index in [-0.39, 0.29) is 24.4 Å². The van der Waals surface area contributed by atoms with Gasteiger partial charge < -0.3 is 19.4 Å². The number of H-pyrrole nitrogens is 1. The van der Waals surface area contributed by atoms with Crippen molar-refractivity contribution in [3.63, 3.8) is 0 Å². The molecule has 2 aliphatic heterocycles. The highest BCUT2D eigenvalue weighted by molar-refractivity contribution is 6.18. The molecule has 3 heterocycles. The van der Waals surface area contributed by atoms with Crippen molar-refractivity contribution in [3.8, 4) is 0 Å². The third kappa shape index (κ3) is 6.21. The Balaban J connectivity index is 0.00000353. The summed E-state index contributed by atoms with van der Waals surface area (Å²) in [5.41, 5.74) is 4.44. The van der Waals surface area contributed by atoms with E-state index in [1.165, 1.54) is 5.56 Å². The Morgan fingerprint density at radius 3 is 2.44 bits per heavy atom. The Morgan fingerprint density at radius 1 is 1.05 bits per heavy atom. The molecule has 3 aromatic rings. The lowest BCUT2D eigenvalue weighted by Gasteiger charge is -2.29. The van der Waals surface area contributed by atoms with Gasteiger partial charge in [-0.3, -0.25) is 9.69 Å². The number of aromatic nitrogens is 1. The number of nitrogens with one attached hydrogen (secondary N) is 1. The van der Waals surface area contributed by atoms with Crippen LogP contribution in [-0.4, -0.2) is 72.2 Å². The molecule has 1 aromatic heterocycles. The number of hydrogen-bond donors (Lipinski definition) is 1. The SMILES string of the molecule is CC(C)OC(=O)C1=CN(C(=O)c2ccc(CCN3CCOCC3)cc2)CC(C)(C)c2c1[nH]c1ccccc21.Cl. The summed E-state index contributed by atoms with van der Waals surface area (Å²) < 4.78 is 11.0. The Labute approximate surface area is 236 Å². The maximum atomic E-state index is 13.8. The summed E-state index contributed by atoms with van der Waals surface area (Å²) in [7, 11) is 0. The van der Waals surface area contributed by atoms with Crippen LogP contribution in [-0.2, 0) is 26.1 Å². The zero-order chi connectivity index (χ0) is 26.9. The van der Waals surface area contributed by atoms with E-state index in [0.717, 1.165) is 61.4 Å². The molecule has 2 aliphatic rings. The van der Waals surface area contributed by atoms with Gasteiger partial charge in [-0.15, -0.1) is 12.4 Å². The standard InChI is InChI=1S/C31H37N3O4.ClH/c1-21(2)38-30(36)25-19-34(20-31(3,4)27-24-7-5-6-8-26(24)32-28(25)27)29(35)23-11-9-22(10-12-23)13-14-33-15-17-37-18-16-33;/h5-12,19,21,32H,13-18,20H2,1-4H3;1H. The van der Waals surface area contributed by atoms with E-state index in [1.54, 1.807) is 11.1 Å². The number of fused-ring (bicyclic) bond motifs is 3. The van der Waals surface area contributed by atoms with E-state index in [4.69, 9.17) is 9.47 Å². The number of esters is 1. The molecule has 1 N–H and O–H groups in total. The fourth-order valence-corrected chi connectivity index (χ4v) is 5.47. The molecular formula is C31H38ClN3O4. The van der Waals surface area contributed by atoms with Crippen molar-refractivity contribution >= 4 is 40.8 Å². The van der Waals surface area contributed by atoms with Gasteiger partial charge in [-0.25, -0.2) is 4.79 Å². The maximum Gasteiger partial charge on any atom is 0.342 e. The second-order valence-corrected chi connectivity index (χ2v) is 11.1. The number of amides is 1. The fourth-order valence-electron chi connectivity index (χ4n) is 5.47. The van der Waals surface area contributed by atoms with Crippen LogP contribution in [0, 0.1) is 0 Å². The van der Waals surface area contributed by atoms with E-state index in [1.807, 2.05) is 56.3 Å². The number of aromatic amines is 1. The summed E-state index contributed by atoms with van der Waals surface area (Å²) in [4.78, 5) is 34.6. The van der Waals surface area contributed by atoms with Gasteiger partial charge in [0.05, 0.1) is 30.6 Å². The average Bonchev–Trinajstić information content (AvgIpc) is 3.25. The number of benzene rings is 2. The summed E-state index contributed by atoms with van der Waals surface area (Å²) in [5, 5.41) is 1.05. The van der Waals surface area contributed by atoms with Gasteiger partial charge in [-0.05, 0) is 49.6 Å². The van der Waals surface area contributed by atoms with E-state index in [0.29, 0.717) is 17.7 Å². The van der Waals surface area contributed by atoms with Crippen molar-refractivity contribution in [2.75, 3.05) is 39.4 Å². The number of morpholine rings is 1. The number of nitrogens with zero attached hydrogens (tertiary/aromatic N) is 2. The van der Waals surface area contributed by atoms with Gasteiger partial charge in [-0.1, -0.05) is 44.2 Å². The van der Waals surface area contributed by atoms with Crippen molar-refractivity contribution < 1.29 is 19.1 Å². The number of carbonyl (C=O) groups is 2. The minimum absolute atomic E-state index is 0. The van der Waals surface area contributed by atoms with E-state index in [9.17, 15) is 9.59 Å². The van der Waals surface area contributed by atoms with Gasteiger partial charge in [0.15, 0.2) is 0 Å². The summed E-state index contributed by atoms with van der Waals surface area (Å²) in [6.45, 7) is 12.8. The van der Waals surface area contributed by atoms with Crippen molar-refractivity contribution in [2.24, 2.45) is 0 Å². The molecule has 1 amide bonds. The van der Waals surface area contributed by atoms with Crippen LogP contribution in [0.5, 0.6) is 0 Å². The zero-order valence-electron chi connectivity index (χ0n) is 23.2. The van der Waals surface area contributed by atoms with Crippen molar-refractivity contribution in [1.29, 1.82) is 0 Å². The van der Waals surface area contributed by atoms with Crippen molar-refractivity contribution in [2.45, 2.75) is 45.6 Å². The number of rotatable bonds is 6. The molecule has 5 rings (SSSR count). The zero-order valence-corrected chi connectivity index (χ0v) is 24.0. The first-order chi connectivity index (χ1) is 18.2. The highest BCUT2D eigenvalue weighted by Gasteiger charge is 2.37. The largest absolute Gasteiger partial charge is 0.459 e. The monoisotopic (exact) mass is 551 g/mol. The molecule has 208 valence electrons. The molecule has 0 saturated carbocycles. The number of para-hydroxylation sites is 1. The summed E-state index contributed by atoms with van der Waals surface area (Å²) in [5.74, 6) is -0.580. The molecule has 0 spiro atoms. The molecule has 0 unspecified atom stereocenters. The number of carbonyl (C=O) groups excluding carboxylic acids is 2. The molecule has 0 aliphatic carbocycles. The van der Waals surface area contributed by atoms with Crippen LogP contribution in [0.25, 0.3) is 16.5 Å². The van der Waals surface area contributed by atoms with Gasteiger partial charge in [0.2, 0.25) is 0 Å². The van der Waals surface area contributed by atoms with Crippen molar-refractivity contribution in [1.82, 2.24) is 14.8 Å². The summed E-state index contributed by atoms with van der Waals surface area (Å²) in [6, 6.07) is 15.9. The molecule has 0 radical (unpaired) electrons. The van der Waals surface area contributed by atoms with Crippen LogP contribution in [0.1, 0.15) is 54.9 Å². The Kier molecular flexibility index (Phi) is 8.84. The minimum Gasteiger partial charge on any atom is -0.459 e. The molecule has 39 heavy (non-hydrogen) atoms. The van der Waals surface area contributed by atoms with Gasteiger partial charge in [-0.2, -0.15) is 0 Å². The molecular weight excluding hydrogens is 514 g/mol. The third-order valence-electron chi connectivity index (χ3n) is 7.35. The van der Waals surface area contributed by atoms with Gasteiger partial charge in [0.25, 0.3) is 5.91 Å². The fraction of sp³-hybridized carbons (Fsp3) is 0.419. The highest BCUT2D eigenvalue weighted by Crippen LogP contribution is 2.40. The van der Waals surface area contributed by atoms with E-state index >= 15 is 0 Å². The number of ether oxygens (including phenoxy) is 2. The Bertz CT molecular complexity index is 1350. The number of hydrogen-bond acceptors (Lipinski definition) is 5. The molecule has 7 nitrogen and oxygen atoms in total. The van der Waals surface area contributed by atoms with Gasteiger partial charge in [0, 0.05) is 54.3 Å². The quantitative estimate of drug-likeness (QED) is 0.427. The van der Waals surface area contributed by atoms with Crippen LogP contribution in [0.4, 0.5) is 0 Å². The normalized spacial score (nSPS) is 17.3. The molecule has 8 heteroatoms. The maximum absolute atomic E-state index is 13.8. The van der Waals surface area contributed by atoms with Crippen LogP contribution in [0.15, 0.2) is 54.7 Å². The number of halogens is 1. The lowest BCUT2D eigenvalue weighted by atomic mass is 9.81. The third-order valence-corrected chi connectivity index (χ3v) is 7.35. The average molecular weight is 552 g/mol. The second kappa shape index (κ2) is 11.9. The molecule has 1 saturated heterocycles. The molecule has 0 atom stereocenters. The van der Waals surface area contributed by atoms with E-state index in [2.05, 4.69) is 29.8 Å². The first kappa shape index (κ1) is 28.9. The lowest BCUT2D eigenvalue weighted by Crippen LogP contribution is -2.37.